The van der Waals surface area contributed by atoms with Crippen molar-refractivity contribution in [2.24, 2.45) is 4.99 Å². The smallest absolute Gasteiger partial charge is 0.227 e. The van der Waals surface area contributed by atoms with E-state index in [2.05, 4.69) is 25.3 Å². The lowest BCUT2D eigenvalue weighted by Crippen LogP contribution is -2.54. The van der Waals surface area contributed by atoms with Gasteiger partial charge in [-0.2, -0.15) is 4.98 Å². The van der Waals surface area contributed by atoms with E-state index in [1.165, 1.54) is 0 Å². The van der Waals surface area contributed by atoms with Crippen LogP contribution in [0.3, 0.4) is 0 Å². The van der Waals surface area contributed by atoms with Gasteiger partial charge in [0.1, 0.15) is 0 Å². The maximum atomic E-state index is 12.6. The zero-order chi connectivity index (χ0) is 20.6. The van der Waals surface area contributed by atoms with E-state index in [1.54, 1.807) is 7.05 Å². The van der Waals surface area contributed by atoms with Gasteiger partial charge in [-0.3, -0.25) is 9.79 Å². The minimum Gasteiger partial charge on any atom is -0.356 e. The molecule has 10 heteroatoms. The van der Waals surface area contributed by atoms with Crippen molar-refractivity contribution >= 4 is 47.4 Å². The van der Waals surface area contributed by atoms with Gasteiger partial charge in [0.05, 0.1) is 6.42 Å². The van der Waals surface area contributed by atoms with E-state index in [9.17, 15) is 4.79 Å². The predicted molar refractivity (Wildman–Crippen MR) is 127 cm³/mol. The first kappa shape index (κ1) is 24.4. The van der Waals surface area contributed by atoms with Crippen molar-refractivity contribution in [3.63, 3.8) is 0 Å². The van der Waals surface area contributed by atoms with E-state index in [4.69, 9.17) is 16.1 Å². The SMILES string of the molecule is CN=C(NCCCc1nc(C)no1)N1CCN(C(=O)Cc2cccc(Cl)c2)CC1.I. The van der Waals surface area contributed by atoms with E-state index in [0.29, 0.717) is 36.2 Å². The first-order valence-corrected chi connectivity index (χ1v) is 10.2. The fourth-order valence-electron chi connectivity index (χ4n) is 3.31. The summed E-state index contributed by atoms with van der Waals surface area (Å²) in [5.41, 5.74) is 0.943. The minimum absolute atomic E-state index is 0. The highest BCUT2D eigenvalue weighted by atomic mass is 127. The van der Waals surface area contributed by atoms with Crippen LogP contribution in [0.5, 0.6) is 0 Å². The minimum atomic E-state index is 0. The number of benzene rings is 1. The molecule has 164 valence electrons. The van der Waals surface area contributed by atoms with E-state index in [1.807, 2.05) is 36.1 Å². The molecule has 0 unspecified atom stereocenters. The first-order chi connectivity index (χ1) is 14.0. The summed E-state index contributed by atoms with van der Waals surface area (Å²) >= 11 is 6.01. The molecule has 3 rings (SSSR count). The van der Waals surface area contributed by atoms with E-state index >= 15 is 0 Å². The quantitative estimate of drug-likeness (QED) is 0.259. The third-order valence-corrected chi connectivity index (χ3v) is 5.04. The third-order valence-electron chi connectivity index (χ3n) is 4.81. The lowest BCUT2D eigenvalue weighted by molar-refractivity contribution is -0.131. The van der Waals surface area contributed by atoms with Crippen LogP contribution in [0.2, 0.25) is 5.02 Å². The monoisotopic (exact) mass is 546 g/mol. The largest absolute Gasteiger partial charge is 0.356 e. The number of nitrogens with zero attached hydrogens (tertiary/aromatic N) is 5. The molecular weight excluding hydrogens is 519 g/mol. The second-order valence-electron chi connectivity index (χ2n) is 6.99. The Morgan fingerprint density at radius 1 is 1.27 bits per heavy atom. The third kappa shape index (κ3) is 7.12. The second kappa shape index (κ2) is 12.1. The number of amides is 1. The molecular formula is C20H28ClIN6O2. The lowest BCUT2D eigenvalue weighted by atomic mass is 10.1. The summed E-state index contributed by atoms with van der Waals surface area (Å²) < 4.78 is 5.12. The average Bonchev–Trinajstić information content (AvgIpc) is 3.13. The molecule has 0 spiro atoms. The molecule has 0 radical (unpaired) electrons. The molecule has 1 amide bonds. The normalized spacial score (nSPS) is 14.4. The zero-order valence-electron chi connectivity index (χ0n) is 17.3. The molecule has 0 atom stereocenters. The van der Waals surface area contributed by atoms with Crippen molar-refractivity contribution in [1.82, 2.24) is 25.3 Å². The Morgan fingerprint density at radius 3 is 2.63 bits per heavy atom. The Labute approximate surface area is 199 Å². The van der Waals surface area contributed by atoms with Gasteiger partial charge in [0.15, 0.2) is 11.8 Å². The molecule has 8 nitrogen and oxygen atoms in total. The Balaban J connectivity index is 0.00000320. The average molecular weight is 547 g/mol. The standard InChI is InChI=1S/C20H27ClN6O2.HI/c1-15-24-18(29-25-15)7-4-8-23-20(22-2)27-11-9-26(10-12-27)19(28)14-16-5-3-6-17(21)13-16;/h3,5-6,13H,4,7-12,14H2,1-2H3,(H,22,23);1H. The van der Waals surface area contributed by atoms with E-state index in [-0.39, 0.29) is 29.9 Å². The molecule has 1 aromatic carbocycles. The topological polar surface area (TPSA) is 86.9 Å². The molecule has 2 aromatic rings. The maximum absolute atomic E-state index is 12.6. The molecule has 0 saturated carbocycles. The Bertz CT molecular complexity index is 851. The van der Waals surface area contributed by atoms with Crippen LogP contribution in [0.1, 0.15) is 23.7 Å². The number of hydrogen-bond acceptors (Lipinski definition) is 5. The summed E-state index contributed by atoms with van der Waals surface area (Å²) in [5.74, 6) is 2.30. The van der Waals surface area contributed by atoms with Crippen LogP contribution in [0.25, 0.3) is 0 Å². The van der Waals surface area contributed by atoms with Crippen molar-refractivity contribution in [3.8, 4) is 0 Å². The molecule has 0 aliphatic carbocycles. The summed E-state index contributed by atoms with van der Waals surface area (Å²) in [4.78, 5) is 25.2. The number of carbonyl (C=O) groups is 1. The van der Waals surface area contributed by atoms with Crippen LogP contribution in [0, 0.1) is 6.92 Å². The summed E-state index contributed by atoms with van der Waals surface area (Å²) in [7, 11) is 1.78. The summed E-state index contributed by atoms with van der Waals surface area (Å²) in [5, 5.41) is 7.83. The van der Waals surface area contributed by atoms with E-state index < -0.39 is 0 Å². The van der Waals surface area contributed by atoms with Crippen molar-refractivity contribution in [2.75, 3.05) is 39.8 Å². The van der Waals surface area contributed by atoms with Gasteiger partial charge in [-0.15, -0.1) is 24.0 Å². The van der Waals surface area contributed by atoms with Crippen molar-refractivity contribution in [3.05, 3.63) is 46.6 Å². The zero-order valence-corrected chi connectivity index (χ0v) is 20.4. The number of piperazine rings is 1. The number of carbonyl (C=O) groups excluding carboxylic acids is 1. The van der Waals surface area contributed by atoms with Crippen LogP contribution in [0.4, 0.5) is 0 Å². The summed E-state index contributed by atoms with van der Waals surface area (Å²) in [6, 6.07) is 7.46. The number of aliphatic imine (C=N–C) groups is 1. The molecule has 1 aliphatic rings. The predicted octanol–water partition coefficient (Wildman–Crippen LogP) is 2.54. The van der Waals surface area contributed by atoms with Crippen LogP contribution < -0.4 is 5.32 Å². The number of aryl methyl sites for hydroxylation is 2. The Kier molecular flexibility index (Phi) is 9.83. The van der Waals surface area contributed by atoms with Crippen molar-refractivity contribution in [2.45, 2.75) is 26.2 Å². The lowest BCUT2D eigenvalue weighted by Gasteiger charge is -2.36. The maximum Gasteiger partial charge on any atom is 0.227 e. The van der Waals surface area contributed by atoms with E-state index in [0.717, 1.165) is 44.0 Å². The van der Waals surface area contributed by atoms with Crippen LogP contribution in [-0.2, 0) is 17.6 Å². The highest BCUT2D eigenvalue weighted by Gasteiger charge is 2.23. The van der Waals surface area contributed by atoms with Crippen LogP contribution in [-0.4, -0.2) is 71.6 Å². The summed E-state index contributed by atoms with van der Waals surface area (Å²) in [6.45, 7) is 5.45. The number of guanidine groups is 1. The molecule has 1 saturated heterocycles. The number of hydrogen-bond donors (Lipinski definition) is 1. The number of aromatic nitrogens is 2. The van der Waals surface area contributed by atoms with Crippen molar-refractivity contribution < 1.29 is 9.32 Å². The molecule has 2 heterocycles. The molecule has 30 heavy (non-hydrogen) atoms. The number of nitrogens with one attached hydrogen (secondary N) is 1. The van der Waals surface area contributed by atoms with Gasteiger partial charge < -0.3 is 19.6 Å². The highest BCUT2D eigenvalue weighted by Crippen LogP contribution is 2.13. The van der Waals surface area contributed by atoms with Gasteiger partial charge in [0.2, 0.25) is 11.8 Å². The van der Waals surface area contributed by atoms with Gasteiger partial charge in [-0.05, 0) is 31.0 Å². The van der Waals surface area contributed by atoms with Gasteiger partial charge in [-0.25, -0.2) is 0 Å². The number of halogens is 2. The first-order valence-electron chi connectivity index (χ1n) is 9.82. The van der Waals surface area contributed by atoms with Gasteiger partial charge in [-0.1, -0.05) is 28.9 Å². The second-order valence-corrected chi connectivity index (χ2v) is 7.42. The van der Waals surface area contributed by atoms with Crippen LogP contribution >= 0.6 is 35.6 Å². The molecule has 1 fully saturated rings. The molecule has 0 bridgehead atoms. The van der Waals surface area contributed by atoms with Gasteiger partial charge in [0, 0.05) is 51.2 Å². The molecule has 1 N–H and O–H groups in total. The highest BCUT2D eigenvalue weighted by molar-refractivity contribution is 14.0. The summed E-state index contributed by atoms with van der Waals surface area (Å²) in [6.07, 6.45) is 1.98. The molecule has 1 aromatic heterocycles. The molecule has 1 aliphatic heterocycles. The fourth-order valence-corrected chi connectivity index (χ4v) is 3.53. The fraction of sp³-hybridized carbons (Fsp3) is 0.500. The van der Waals surface area contributed by atoms with Gasteiger partial charge in [0.25, 0.3) is 0 Å². The van der Waals surface area contributed by atoms with Crippen LogP contribution in [0.15, 0.2) is 33.8 Å². The Morgan fingerprint density at radius 2 is 2.00 bits per heavy atom. The number of rotatable bonds is 6. The Hall–Kier alpha value is -1.88. The van der Waals surface area contributed by atoms with Gasteiger partial charge >= 0.3 is 0 Å². The van der Waals surface area contributed by atoms with Crippen molar-refractivity contribution in [1.29, 1.82) is 0 Å².